The van der Waals surface area contributed by atoms with Gasteiger partial charge in [-0.1, -0.05) is 6.92 Å². The summed E-state index contributed by atoms with van der Waals surface area (Å²) in [6, 6.07) is 0. The minimum atomic E-state index is -4.28. The molecule has 0 spiro atoms. The Morgan fingerprint density at radius 3 is 2.13 bits per heavy atom. The van der Waals surface area contributed by atoms with Crippen molar-refractivity contribution in [3.8, 4) is 0 Å². The van der Waals surface area contributed by atoms with E-state index >= 15 is 0 Å². The first-order chi connectivity index (χ1) is 6.61. The minimum absolute atomic E-state index is 0.0642. The van der Waals surface area contributed by atoms with Crippen LogP contribution in [0.1, 0.15) is 20.3 Å². The average molecular weight is 243 g/mol. The monoisotopic (exact) mass is 243 g/mol. The summed E-state index contributed by atoms with van der Waals surface area (Å²) >= 11 is 0. The van der Waals surface area contributed by atoms with Gasteiger partial charge in [0.15, 0.2) is 0 Å². The molecular formula is C7H17NO6S. The second-order valence-electron chi connectivity index (χ2n) is 3.35. The number of hydrogen-bond donors (Lipinski definition) is 5. The summed E-state index contributed by atoms with van der Waals surface area (Å²) in [6.07, 6.45) is -1.38. The van der Waals surface area contributed by atoms with E-state index in [-0.39, 0.29) is 6.42 Å². The Balaban J connectivity index is 4.37. The van der Waals surface area contributed by atoms with Crippen LogP contribution in [0, 0.1) is 0 Å². The first-order valence-electron chi connectivity index (χ1n) is 4.43. The summed E-state index contributed by atoms with van der Waals surface area (Å²) in [5.74, 6) is -2.43. The molecule has 8 heteroatoms. The fraction of sp³-hybridized carbons (Fsp3) is 1.00. The van der Waals surface area contributed by atoms with Crippen LogP contribution in [-0.4, -0.2) is 52.1 Å². The Hall–Kier alpha value is -0.250. The summed E-state index contributed by atoms with van der Waals surface area (Å²) < 4.78 is 30.1. The zero-order valence-corrected chi connectivity index (χ0v) is 9.40. The molecule has 7 nitrogen and oxygen atoms in total. The summed E-state index contributed by atoms with van der Waals surface area (Å²) in [5.41, 5.74) is 0. The molecule has 5 N–H and O–H groups in total. The van der Waals surface area contributed by atoms with Crippen molar-refractivity contribution in [2.24, 2.45) is 0 Å². The first-order valence-corrected chi connectivity index (χ1v) is 5.94. The van der Waals surface area contributed by atoms with Gasteiger partial charge in [0.05, 0.1) is 6.54 Å². The zero-order valence-electron chi connectivity index (χ0n) is 8.58. The molecule has 0 saturated carbocycles. The van der Waals surface area contributed by atoms with Crippen molar-refractivity contribution in [3.05, 3.63) is 0 Å². The summed E-state index contributed by atoms with van der Waals surface area (Å²) in [4.78, 5) is 0. The Labute approximate surface area is 88.5 Å². The van der Waals surface area contributed by atoms with Crippen LogP contribution in [0.4, 0.5) is 0 Å². The largest absolute Gasteiger partial charge is 0.388 e. The molecule has 0 aliphatic carbocycles. The molecule has 2 unspecified atom stereocenters. The van der Waals surface area contributed by atoms with E-state index in [9.17, 15) is 8.42 Å². The van der Waals surface area contributed by atoms with Crippen LogP contribution >= 0.6 is 0 Å². The van der Waals surface area contributed by atoms with Gasteiger partial charge in [0, 0.05) is 0 Å². The van der Waals surface area contributed by atoms with Crippen LogP contribution in [-0.2, 0) is 10.1 Å². The van der Waals surface area contributed by atoms with Gasteiger partial charge < -0.3 is 15.3 Å². The molecule has 0 radical (unpaired) electrons. The van der Waals surface area contributed by atoms with Gasteiger partial charge in [0.25, 0.3) is 10.1 Å². The molecule has 0 aliphatic rings. The molecule has 0 aromatic heterocycles. The molecule has 0 aliphatic heterocycles. The lowest BCUT2D eigenvalue weighted by Crippen LogP contribution is -2.52. The van der Waals surface area contributed by atoms with Crippen molar-refractivity contribution >= 4 is 10.1 Å². The van der Waals surface area contributed by atoms with Crippen molar-refractivity contribution in [2.75, 3.05) is 6.54 Å². The Bertz CT molecular complexity index is 286. The fourth-order valence-electron chi connectivity index (χ4n) is 0.872. The predicted octanol–water partition coefficient (Wildman–Crippen LogP) is -1.74. The van der Waals surface area contributed by atoms with Crippen molar-refractivity contribution < 1.29 is 28.3 Å². The first kappa shape index (κ1) is 14.8. The molecule has 0 bridgehead atoms. The van der Waals surface area contributed by atoms with E-state index in [0.717, 1.165) is 6.92 Å². The van der Waals surface area contributed by atoms with Crippen LogP contribution in [0.2, 0.25) is 0 Å². The number of hydrogen-bond acceptors (Lipinski definition) is 6. The molecule has 0 amide bonds. The third-order valence-corrected chi connectivity index (χ3v) is 3.21. The SMILES string of the molecule is CCC(NCC(O)(O)C(C)O)S(=O)(=O)O. The van der Waals surface area contributed by atoms with Crippen LogP contribution in [0.3, 0.4) is 0 Å². The van der Waals surface area contributed by atoms with E-state index in [1.807, 2.05) is 0 Å². The van der Waals surface area contributed by atoms with Crippen molar-refractivity contribution in [1.29, 1.82) is 0 Å². The quantitative estimate of drug-likeness (QED) is 0.277. The number of rotatable bonds is 6. The predicted molar refractivity (Wildman–Crippen MR) is 52.5 cm³/mol. The molecule has 0 saturated heterocycles. The maximum atomic E-state index is 10.7. The molecule has 92 valence electrons. The number of aliphatic hydroxyl groups excluding tert-OH is 1. The molecule has 15 heavy (non-hydrogen) atoms. The molecule has 0 rings (SSSR count). The Morgan fingerprint density at radius 2 is 1.87 bits per heavy atom. The van der Waals surface area contributed by atoms with Crippen molar-refractivity contribution in [3.63, 3.8) is 0 Å². The lowest BCUT2D eigenvalue weighted by molar-refractivity contribution is -0.215. The lowest BCUT2D eigenvalue weighted by atomic mass is 10.1. The number of aliphatic hydroxyl groups is 3. The van der Waals surface area contributed by atoms with Gasteiger partial charge in [0.1, 0.15) is 11.5 Å². The van der Waals surface area contributed by atoms with Crippen LogP contribution in [0.25, 0.3) is 0 Å². The fourth-order valence-corrected chi connectivity index (χ4v) is 1.59. The summed E-state index contributed by atoms with van der Waals surface area (Å²) in [5, 5.41) is 28.2. The Kier molecular flexibility index (Phi) is 5.10. The molecule has 2 atom stereocenters. The average Bonchev–Trinajstić information content (AvgIpc) is 2.02. The third-order valence-electron chi connectivity index (χ3n) is 1.99. The van der Waals surface area contributed by atoms with Crippen molar-refractivity contribution in [1.82, 2.24) is 5.32 Å². The summed E-state index contributed by atoms with van der Waals surface area (Å²) in [6.45, 7) is 2.09. The highest BCUT2D eigenvalue weighted by Gasteiger charge is 2.32. The molecular weight excluding hydrogens is 226 g/mol. The van der Waals surface area contributed by atoms with E-state index in [2.05, 4.69) is 5.32 Å². The highest BCUT2D eigenvalue weighted by atomic mass is 32.2. The van der Waals surface area contributed by atoms with Crippen LogP contribution in [0.5, 0.6) is 0 Å². The van der Waals surface area contributed by atoms with Crippen LogP contribution in [0.15, 0.2) is 0 Å². The van der Waals surface area contributed by atoms with Gasteiger partial charge in [-0.15, -0.1) is 0 Å². The summed E-state index contributed by atoms with van der Waals surface area (Å²) in [7, 11) is -4.28. The minimum Gasteiger partial charge on any atom is -0.388 e. The van der Waals surface area contributed by atoms with Gasteiger partial charge in [0.2, 0.25) is 5.79 Å². The maximum Gasteiger partial charge on any atom is 0.281 e. The van der Waals surface area contributed by atoms with E-state index < -0.39 is 33.9 Å². The van der Waals surface area contributed by atoms with E-state index in [1.54, 1.807) is 0 Å². The van der Waals surface area contributed by atoms with Crippen LogP contribution < -0.4 is 5.32 Å². The number of nitrogens with one attached hydrogen (secondary N) is 1. The zero-order chi connectivity index (χ0) is 12.3. The maximum absolute atomic E-state index is 10.7. The second kappa shape index (κ2) is 5.19. The molecule has 0 heterocycles. The second-order valence-corrected chi connectivity index (χ2v) is 4.95. The lowest BCUT2D eigenvalue weighted by Gasteiger charge is -2.26. The Morgan fingerprint density at radius 1 is 1.40 bits per heavy atom. The smallest absolute Gasteiger partial charge is 0.281 e. The van der Waals surface area contributed by atoms with Gasteiger partial charge in [-0.3, -0.25) is 9.87 Å². The third kappa shape index (κ3) is 4.87. The van der Waals surface area contributed by atoms with E-state index in [4.69, 9.17) is 19.9 Å². The topological polar surface area (TPSA) is 127 Å². The van der Waals surface area contributed by atoms with Gasteiger partial charge in [-0.05, 0) is 13.3 Å². The molecule has 0 aromatic rings. The highest BCUT2D eigenvalue weighted by Crippen LogP contribution is 2.07. The molecule has 0 fully saturated rings. The van der Waals surface area contributed by atoms with Gasteiger partial charge in [-0.2, -0.15) is 8.42 Å². The van der Waals surface area contributed by atoms with Crippen molar-refractivity contribution in [2.45, 2.75) is 37.5 Å². The van der Waals surface area contributed by atoms with Gasteiger partial charge >= 0.3 is 0 Å². The standard InChI is InChI=1S/C7H17NO6S/c1-3-6(15(12,13)14)8-4-7(10,11)5(2)9/h5-6,8-11H,3-4H2,1-2H3,(H,12,13,14). The normalized spacial score (nSPS) is 17.5. The van der Waals surface area contributed by atoms with Gasteiger partial charge in [-0.25, -0.2) is 0 Å². The van der Waals surface area contributed by atoms with E-state index in [0.29, 0.717) is 0 Å². The highest BCUT2D eigenvalue weighted by molar-refractivity contribution is 7.86. The van der Waals surface area contributed by atoms with E-state index in [1.165, 1.54) is 6.92 Å². The molecule has 0 aromatic carbocycles.